The predicted octanol–water partition coefficient (Wildman–Crippen LogP) is 6.65. The molecule has 0 spiro atoms. The number of carbonyl (C=O) groups excluding carboxylic acids is 1. The zero-order valence-electron chi connectivity index (χ0n) is 29.9. The Morgan fingerprint density at radius 2 is 1.59 bits per heavy atom. The molecule has 7 rings (SSSR count). The number of piperidine rings is 2. The molecule has 0 aliphatic carbocycles. The van der Waals surface area contributed by atoms with Gasteiger partial charge in [0.05, 0.1) is 38.9 Å². The number of imidazole rings is 1. The molecule has 10 heteroatoms. The van der Waals surface area contributed by atoms with Gasteiger partial charge in [0.15, 0.2) is 11.5 Å². The smallest absolute Gasteiger partial charge is 0.254 e. The van der Waals surface area contributed by atoms with E-state index in [1.54, 1.807) is 33.5 Å². The van der Waals surface area contributed by atoms with Crippen molar-refractivity contribution >= 4 is 22.9 Å². The highest BCUT2D eigenvalue weighted by Crippen LogP contribution is 2.41. The fourth-order valence-corrected chi connectivity index (χ4v) is 7.94. The zero-order chi connectivity index (χ0) is 35.2. The number of methoxy groups -OCH3 is 3. The molecule has 0 bridgehead atoms. The lowest BCUT2D eigenvalue weighted by Gasteiger charge is -2.45. The van der Waals surface area contributed by atoms with Crippen molar-refractivity contribution in [3.8, 4) is 17.2 Å². The third kappa shape index (κ3) is 7.37. The second-order valence-electron chi connectivity index (χ2n) is 13.8. The van der Waals surface area contributed by atoms with E-state index in [0.717, 1.165) is 75.3 Å². The van der Waals surface area contributed by atoms with Crippen LogP contribution in [-0.2, 0) is 12.0 Å². The molecule has 10 nitrogen and oxygen atoms in total. The van der Waals surface area contributed by atoms with Gasteiger partial charge in [-0.2, -0.15) is 0 Å². The van der Waals surface area contributed by atoms with Crippen LogP contribution >= 0.6 is 0 Å². The Bertz CT molecular complexity index is 1900. The van der Waals surface area contributed by atoms with Crippen LogP contribution in [0.3, 0.4) is 0 Å². The van der Waals surface area contributed by atoms with Crippen molar-refractivity contribution < 1.29 is 19.0 Å². The maximum atomic E-state index is 14.1. The third-order valence-electron chi connectivity index (χ3n) is 10.7. The molecule has 2 aliphatic rings. The highest BCUT2D eigenvalue weighted by atomic mass is 16.5. The second-order valence-corrected chi connectivity index (χ2v) is 13.8. The Balaban J connectivity index is 1.03. The van der Waals surface area contributed by atoms with Crippen LogP contribution in [0.1, 0.15) is 53.6 Å². The molecule has 266 valence electrons. The monoisotopic (exact) mass is 688 g/mol. The summed E-state index contributed by atoms with van der Waals surface area (Å²) in [5, 5.41) is 3.82. The van der Waals surface area contributed by atoms with Crippen LogP contribution in [0.25, 0.3) is 11.0 Å². The second kappa shape index (κ2) is 15.4. The van der Waals surface area contributed by atoms with Crippen molar-refractivity contribution in [3.63, 3.8) is 0 Å². The SMILES string of the molecule is COc1cc(C(=O)N2CCCC(CCN3CCC(Nc4nc5ccccc5n4Cc4ccncc4)CC3)(c3ccccc3)C2)cc(OC)c1OC. The number of anilines is 1. The minimum absolute atomic E-state index is 0.0175. The van der Waals surface area contributed by atoms with E-state index >= 15 is 0 Å². The average Bonchev–Trinajstić information content (AvgIpc) is 3.53. The highest BCUT2D eigenvalue weighted by Gasteiger charge is 2.39. The molecule has 0 radical (unpaired) electrons. The number of nitrogens with zero attached hydrogens (tertiary/aromatic N) is 5. The number of ether oxygens (including phenoxy) is 3. The van der Waals surface area contributed by atoms with Crippen molar-refractivity contribution in [1.29, 1.82) is 0 Å². The molecule has 1 N–H and O–H groups in total. The van der Waals surface area contributed by atoms with Gasteiger partial charge < -0.3 is 33.9 Å². The quantitative estimate of drug-likeness (QED) is 0.156. The van der Waals surface area contributed by atoms with Crippen molar-refractivity contribution in [2.75, 3.05) is 59.4 Å². The molecule has 2 aromatic heterocycles. The minimum atomic E-state index is -0.136. The summed E-state index contributed by atoms with van der Waals surface area (Å²) in [6.07, 6.45) is 8.75. The summed E-state index contributed by atoms with van der Waals surface area (Å²) in [6, 6.07) is 27.1. The van der Waals surface area contributed by atoms with E-state index in [9.17, 15) is 4.79 Å². The topological polar surface area (TPSA) is 94.0 Å². The summed E-state index contributed by atoms with van der Waals surface area (Å²) in [5.74, 6) is 2.35. The van der Waals surface area contributed by atoms with Crippen LogP contribution in [0.4, 0.5) is 5.95 Å². The van der Waals surface area contributed by atoms with Gasteiger partial charge in [-0.1, -0.05) is 42.5 Å². The van der Waals surface area contributed by atoms with E-state index in [2.05, 4.69) is 80.4 Å². The molecule has 2 saturated heterocycles. The van der Waals surface area contributed by atoms with Crippen molar-refractivity contribution in [2.45, 2.75) is 50.1 Å². The molecule has 0 saturated carbocycles. The Labute approximate surface area is 300 Å². The van der Waals surface area contributed by atoms with E-state index in [0.29, 0.717) is 41.9 Å². The number of benzene rings is 3. The Morgan fingerprint density at radius 3 is 2.29 bits per heavy atom. The first-order valence-corrected chi connectivity index (χ1v) is 18.0. The standard InChI is InChI=1S/C41H48N6O4/c1-49-36-26-31(27-37(50-2)38(36)51-3)39(48)46-22-9-18-41(29-46,32-10-5-4-6-11-32)19-25-45-23-16-33(17-24-45)43-40-44-34-12-7-8-13-35(34)47(40)28-30-14-20-42-21-15-30/h4-8,10-15,20-21,26-27,33H,9,16-19,22-25,28-29H2,1-3H3,(H,43,44). The number of fused-ring (bicyclic) bond motifs is 1. The van der Waals surface area contributed by atoms with E-state index in [4.69, 9.17) is 19.2 Å². The molecule has 51 heavy (non-hydrogen) atoms. The molecule has 1 unspecified atom stereocenters. The predicted molar refractivity (Wildman–Crippen MR) is 200 cm³/mol. The largest absolute Gasteiger partial charge is 0.493 e. The summed E-state index contributed by atoms with van der Waals surface area (Å²) < 4.78 is 18.9. The number of aromatic nitrogens is 3. The van der Waals surface area contributed by atoms with Crippen LogP contribution in [-0.4, -0.2) is 90.3 Å². The lowest BCUT2D eigenvalue weighted by atomic mass is 9.71. The number of rotatable bonds is 12. The van der Waals surface area contributed by atoms with Crippen LogP contribution in [0.2, 0.25) is 0 Å². The van der Waals surface area contributed by atoms with Crippen molar-refractivity contribution in [2.24, 2.45) is 0 Å². The highest BCUT2D eigenvalue weighted by molar-refractivity contribution is 5.96. The summed E-state index contributed by atoms with van der Waals surface area (Å²) in [5.41, 5.74) is 5.04. The number of nitrogens with one attached hydrogen (secondary N) is 1. The Hall–Kier alpha value is -5.09. The van der Waals surface area contributed by atoms with Crippen LogP contribution in [0.5, 0.6) is 17.2 Å². The lowest BCUT2D eigenvalue weighted by molar-refractivity contribution is 0.0606. The lowest BCUT2D eigenvalue weighted by Crippen LogP contribution is -2.50. The minimum Gasteiger partial charge on any atom is -0.493 e. The van der Waals surface area contributed by atoms with Gasteiger partial charge in [-0.3, -0.25) is 9.78 Å². The number of pyridine rings is 1. The molecule has 2 aliphatic heterocycles. The molecular weight excluding hydrogens is 640 g/mol. The number of hydrogen-bond acceptors (Lipinski definition) is 8. The maximum Gasteiger partial charge on any atom is 0.254 e. The summed E-state index contributed by atoms with van der Waals surface area (Å²) in [6.45, 7) is 5.13. The Morgan fingerprint density at radius 1 is 0.882 bits per heavy atom. The molecular formula is C41H48N6O4. The van der Waals surface area contributed by atoms with Gasteiger partial charge in [0.1, 0.15) is 0 Å². The van der Waals surface area contributed by atoms with Crippen LogP contribution < -0.4 is 19.5 Å². The van der Waals surface area contributed by atoms with Gasteiger partial charge in [-0.05, 0) is 86.2 Å². The first-order valence-electron chi connectivity index (χ1n) is 18.0. The van der Waals surface area contributed by atoms with E-state index in [-0.39, 0.29) is 11.3 Å². The number of amides is 1. The molecule has 1 amide bonds. The van der Waals surface area contributed by atoms with Crippen molar-refractivity contribution in [3.05, 3.63) is 108 Å². The normalized spacial score (nSPS) is 18.5. The maximum absolute atomic E-state index is 14.1. The van der Waals surface area contributed by atoms with E-state index in [1.807, 2.05) is 23.4 Å². The first-order chi connectivity index (χ1) is 25.0. The first kappa shape index (κ1) is 34.4. The molecule has 2 fully saturated rings. The number of para-hydroxylation sites is 2. The van der Waals surface area contributed by atoms with Gasteiger partial charge in [0.25, 0.3) is 5.91 Å². The van der Waals surface area contributed by atoms with Crippen molar-refractivity contribution in [1.82, 2.24) is 24.3 Å². The molecule has 3 aromatic carbocycles. The fraction of sp³-hybridized carbons (Fsp3) is 0.390. The summed E-state index contributed by atoms with van der Waals surface area (Å²) >= 11 is 0. The number of likely N-dealkylation sites (tertiary alicyclic amines) is 2. The third-order valence-corrected chi connectivity index (χ3v) is 10.7. The van der Waals surface area contributed by atoms with Gasteiger partial charge in [0, 0.05) is 55.6 Å². The number of carbonyl (C=O) groups is 1. The fourth-order valence-electron chi connectivity index (χ4n) is 7.94. The molecule has 4 heterocycles. The van der Waals surface area contributed by atoms with Crippen LogP contribution in [0, 0.1) is 0 Å². The van der Waals surface area contributed by atoms with Gasteiger partial charge in [-0.25, -0.2) is 4.98 Å². The van der Waals surface area contributed by atoms with E-state index < -0.39 is 0 Å². The zero-order valence-corrected chi connectivity index (χ0v) is 29.9. The van der Waals surface area contributed by atoms with Crippen LogP contribution in [0.15, 0.2) is 91.3 Å². The van der Waals surface area contributed by atoms with Gasteiger partial charge in [-0.15, -0.1) is 0 Å². The summed E-state index contributed by atoms with van der Waals surface area (Å²) in [4.78, 5) is 27.9. The average molecular weight is 689 g/mol. The number of hydrogen-bond donors (Lipinski definition) is 1. The van der Waals surface area contributed by atoms with Gasteiger partial charge >= 0.3 is 0 Å². The molecule has 5 aromatic rings. The summed E-state index contributed by atoms with van der Waals surface area (Å²) in [7, 11) is 4.72. The molecule has 1 atom stereocenters. The van der Waals surface area contributed by atoms with E-state index in [1.165, 1.54) is 11.1 Å². The Kier molecular flexibility index (Phi) is 10.4. The van der Waals surface area contributed by atoms with Gasteiger partial charge in [0.2, 0.25) is 11.7 Å².